The van der Waals surface area contributed by atoms with E-state index in [0.29, 0.717) is 25.5 Å². The van der Waals surface area contributed by atoms with Gasteiger partial charge >= 0.3 is 0 Å². The minimum Gasteiger partial charge on any atom is -0.376 e. The Morgan fingerprint density at radius 2 is 2.08 bits per heavy atom. The Morgan fingerprint density at radius 3 is 2.85 bits per heavy atom. The largest absolute Gasteiger partial charge is 0.376 e. The molecule has 2 aliphatic rings. The molecule has 138 valence electrons. The molecular weight excluding hydrogens is 352 g/mol. The van der Waals surface area contributed by atoms with Gasteiger partial charge in [-0.2, -0.15) is 5.10 Å². The van der Waals surface area contributed by atoms with Crippen molar-refractivity contribution in [1.82, 2.24) is 20.4 Å². The smallest absolute Gasteiger partial charge is 0.272 e. The molecular formula is C19H23ClN4O2. The first-order chi connectivity index (χ1) is 12.7. The SMILES string of the molecule is O=C(NCC(c1ccc(Cl)cc1)N1CCCC1)c1n[nH]c2c1COCC2. The number of nitrogens with zero attached hydrogens (tertiary/aromatic N) is 2. The van der Waals surface area contributed by atoms with Gasteiger partial charge in [-0.25, -0.2) is 0 Å². The first-order valence-electron chi connectivity index (χ1n) is 9.14. The maximum Gasteiger partial charge on any atom is 0.272 e. The van der Waals surface area contributed by atoms with E-state index in [1.165, 1.54) is 18.4 Å². The number of hydrogen-bond acceptors (Lipinski definition) is 4. The Bertz CT molecular complexity index is 768. The molecule has 3 heterocycles. The fraction of sp³-hybridized carbons (Fsp3) is 0.474. The summed E-state index contributed by atoms with van der Waals surface area (Å²) in [5.41, 5.74) is 3.52. The topological polar surface area (TPSA) is 70.2 Å². The minimum absolute atomic E-state index is 0.143. The van der Waals surface area contributed by atoms with Crippen LogP contribution in [0, 0.1) is 0 Å². The lowest BCUT2D eigenvalue weighted by molar-refractivity contribution is 0.0911. The number of aromatic amines is 1. The Kier molecular flexibility index (Phi) is 5.24. The molecule has 2 aromatic rings. The lowest BCUT2D eigenvalue weighted by Gasteiger charge is -2.28. The van der Waals surface area contributed by atoms with Gasteiger partial charge in [0, 0.05) is 29.2 Å². The number of carbonyl (C=O) groups excluding carboxylic acids is 1. The second kappa shape index (κ2) is 7.78. The molecule has 0 spiro atoms. The number of nitrogens with one attached hydrogen (secondary N) is 2. The Hall–Kier alpha value is -1.89. The molecule has 2 aliphatic heterocycles. The van der Waals surface area contributed by atoms with Crippen LogP contribution < -0.4 is 5.32 Å². The maximum atomic E-state index is 12.7. The summed E-state index contributed by atoms with van der Waals surface area (Å²) in [6, 6.07) is 8.04. The van der Waals surface area contributed by atoms with Crippen molar-refractivity contribution in [2.75, 3.05) is 26.2 Å². The van der Waals surface area contributed by atoms with Crippen LogP contribution >= 0.6 is 11.6 Å². The highest BCUT2D eigenvalue weighted by Crippen LogP contribution is 2.26. The van der Waals surface area contributed by atoms with Gasteiger partial charge in [0.2, 0.25) is 0 Å². The molecule has 1 atom stereocenters. The number of likely N-dealkylation sites (tertiary alicyclic amines) is 1. The van der Waals surface area contributed by atoms with Crippen LogP contribution in [-0.2, 0) is 17.8 Å². The zero-order valence-corrected chi connectivity index (χ0v) is 15.4. The van der Waals surface area contributed by atoms with Crippen molar-refractivity contribution in [1.29, 1.82) is 0 Å². The first-order valence-corrected chi connectivity index (χ1v) is 9.52. The van der Waals surface area contributed by atoms with E-state index in [0.717, 1.165) is 35.8 Å². The number of aromatic nitrogens is 2. The van der Waals surface area contributed by atoms with Crippen molar-refractivity contribution < 1.29 is 9.53 Å². The molecule has 26 heavy (non-hydrogen) atoms. The Morgan fingerprint density at radius 1 is 1.31 bits per heavy atom. The normalized spacial score (nSPS) is 18.5. The van der Waals surface area contributed by atoms with Crippen molar-refractivity contribution >= 4 is 17.5 Å². The van der Waals surface area contributed by atoms with E-state index in [4.69, 9.17) is 16.3 Å². The number of rotatable bonds is 5. The minimum atomic E-state index is -0.147. The summed E-state index contributed by atoms with van der Waals surface area (Å²) < 4.78 is 5.47. The van der Waals surface area contributed by atoms with E-state index in [1.807, 2.05) is 24.3 Å². The summed E-state index contributed by atoms with van der Waals surface area (Å²) in [6.07, 6.45) is 3.17. The lowest BCUT2D eigenvalue weighted by atomic mass is 10.1. The molecule has 1 aromatic heterocycles. The molecule has 1 amide bonds. The van der Waals surface area contributed by atoms with E-state index in [1.54, 1.807) is 0 Å². The number of amides is 1. The number of hydrogen-bond donors (Lipinski definition) is 2. The Labute approximate surface area is 157 Å². The average Bonchev–Trinajstić information content (AvgIpc) is 3.33. The summed E-state index contributed by atoms with van der Waals surface area (Å²) in [4.78, 5) is 15.1. The molecule has 0 bridgehead atoms. The van der Waals surface area contributed by atoms with Crippen LogP contribution in [0.5, 0.6) is 0 Å². The van der Waals surface area contributed by atoms with Gasteiger partial charge in [-0.05, 0) is 43.6 Å². The van der Waals surface area contributed by atoms with Crippen molar-refractivity contribution in [3.8, 4) is 0 Å². The quantitative estimate of drug-likeness (QED) is 0.844. The molecule has 0 aliphatic carbocycles. The van der Waals surface area contributed by atoms with E-state index in [-0.39, 0.29) is 11.9 Å². The molecule has 1 aromatic carbocycles. The Balaban J connectivity index is 1.48. The third-order valence-electron chi connectivity index (χ3n) is 5.20. The van der Waals surface area contributed by atoms with Crippen molar-refractivity contribution in [2.45, 2.75) is 31.9 Å². The van der Waals surface area contributed by atoms with Gasteiger partial charge in [-0.15, -0.1) is 0 Å². The molecule has 2 N–H and O–H groups in total. The molecule has 1 saturated heterocycles. The van der Waals surface area contributed by atoms with Gasteiger partial charge in [-0.1, -0.05) is 23.7 Å². The summed E-state index contributed by atoms with van der Waals surface area (Å²) >= 11 is 6.03. The number of carbonyl (C=O) groups is 1. The zero-order valence-electron chi connectivity index (χ0n) is 14.6. The lowest BCUT2D eigenvalue weighted by Crippen LogP contribution is -2.37. The summed E-state index contributed by atoms with van der Waals surface area (Å²) in [7, 11) is 0. The number of ether oxygens (including phenoxy) is 1. The second-order valence-corrected chi connectivity index (χ2v) is 7.29. The fourth-order valence-electron chi connectivity index (χ4n) is 3.77. The van der Waals surface area contributed by atoms with E-state index in [2.05, 4.69) is 20.4 Å². The highest BCUT2D eigenvalue weighted by molar-refractivity contribution is 6.30. The van der Waals surface area contributed by atoms with Gasteiger partial charge in [0.15, 0.2) is 5.69 Å². The summed E-state index contributed by atoms with van der Waals surface area (Å²) in [5, 5.41) is 11.0. The van der Waals surface area contributed by atoms with E-state index < -0.39 is 0 Å². The fourth-order valence-corrected chi connectivity index (χ4v) is 3.89. The van der Waals surface area contributed by atoms with Crippen LogP contribution in [0.3, 0.4) is 0 Å². The van der Waals surface area contributed by atoms with Gasteiger partial charge in [0.1, 0.15) is 0 Å². The number of halogens is 1. The van der Waals surface area contributed by atoms with Crippen LogP contribution in [0.15, 0.2) is 24.3 Å². The molecule has 7 heteroatoms. The molecule has 0 saturated carbocycles. The van der Waals surface area contributed by atoms with Crippen molar-refractivity contribution in [3.63, 3.8) is 0 Å². The summed E-state index contributed by atoms with van der Waals surface area (Å²) in [5.74, 6) is -0.147. The van der Waals surface area contributed by atoms with Crippen LogP contribution in [0.1, 0.15) is 46.2 Å². The first kappa shape index (κ1) is 17.5. The standard InChI is InChI=1S/C19H23ClN4O2/c20-14-5-3-13(4-6-14)17(24-8-1-2-9-24)11-21-19(25)18-15-12-26-10-7-16(15)22-23-18/h3-6,17H,1-2,7-12H2,(H,21,25)(H,22,23). The van der Waals surface area contributed by atoms with Crippen LogP contribution in [-0.4, -0.2) is 47.2 Å². The molecule has 1 unspecified atom stereocenters. The third kappa shape index (κ3) is 3.63. The maximum absolute atomic E-state index is 12.7. The van der Waals surface area contributed by atoms with Crippen LogP contribution in [0.4, 0.5) is 0 Å². The van der Waals surface area contributed by atoms with Crippen LogP contribution in [0.25, 0.3) is 0 Å². The zero-order chi connectivity index (χ0) is 17.9. The predicted octanol–water partition coefficient (Wildman–Crippen LogP) is 2.70. The van der Waals surface area contributed by atoms with E-state index in [9.17, 15) is 4.79 Å². The van der Waals surface area contributed by atoms with E-state index >= 15 is 0 Å². The van der Waals surface area contributed by atoms with Gasteiger partial charge in [-0.3, -0.25) is 14.8 Å². The highest BCUT2D eigenvalue weighted by Gasteiger charge is 2.26. The summed E-state index contributed by atoms with van der Waals surface area (Å²) in [6.45, 7) is 3.76. The molecule has 4 rings (SSSR count). The highest BCUT2D eigenvalue weighted by atomic mass is 35.5. The number of fused-ring (bicyclic) bond motifs is 1. The number of H-pyrrole nitrogens is 1. The molecule has 6 nitrogen and oxygen atoms in total. The number of benzene rings is 1. The van der Waals surface area contributed by atoms with Gasteiger partial charge < -0.3 is 10.1 Å². The van der Waals surface area contributed by atoms with Crippen LogP contribution in [0.2, 0.25) is 5.02 Å². The molecule has 1 fully saturated rings. The van der Waals surface area contributed by atoms with Gasteiger partial charge in [0.25, 0.3) is 5.91 Å². The monoisotopic (exact) mass is 374 g/mol. The van der Waals surface area contributed by atoms with Gasteiger partial charge in [0.05, 0.1) is 19.3 Å². The average molecular weight is 375 g/mol. The predicted molar refractivity (Wildman–Crippen MR) is 99.3 cm³/mol. The second-order valence-electron chi connectivity index (χ2n) is 6.85. The van der Waals surface area contributed by atoms with Crippen molar-refractivity contribution in [2.24, 2.45) is 0 Å². The van der Waals surface area contributed by atoms with Crippen molar-refractivity contribution in [3.05, 3.63) is 51.8 Å². The third-order valence-corrected chi connectivity index (χ3v) is 5.45. The molecule has 0 radical (unpaired) electrons.